The molecule has 0 aliphatic heterocycles. The third-order valence-electron chi connectivity index (χ3n) is 4.64. The van der Waals surface area contributed by atoms with Crippen LogP contribution in [0.2, 0.25) is 0 Å². The van der Waals surface area contributed by atoms with E-state index in [2.05, 4.69) is 66.3 Å². The highest BCUT2D eigenvalue weighted by Crippen LogP contribution is 2.33. The van der Waals surface area contributed by atoms with Crippen LogP contribution in [-0.2, 0) is 5.41 Å². The lowest BCUT2D eigenvalue weighted by Crippen LogP contribution is -2.31. The zero-order valence-electron chi connectivity index (χ0n) is 14.5. The van der Waals surface area contributed by atoms with E-state index in [-0.39, 0.29) is 5.41 Å². The smallest absolute Gasteiger partial charge is 0.155 e. The second kappa shape index (κ2) is 6.57. The molecule has 3 N–H and O–H groups in total. The van der Waals surface area contributed by atoms with E-state index < -0.39 is 0 Å². The second-order valence-electron chi connectivity index (χ2n) is 6.82. The maximum atomic E-state index is 6.13. The van der Waals surface area contributed by atoms with Crippen LogP contribution in [0.15, 0.2) is 54.4 Å². The number of H-pyrrole nitrogens is 1. The van der Waals surface area contributed by atoms with Gasteiger partial charge in [0.25, 0.3) is 0 Å². The van der Waals surface area contributed by atoms with E-state index in [0.717, 1.165) is 28.6 Å². The monoisotopic (exact) mass is 320 g/mol. The molecule has 0 fully saturated rings. The van der Waals surface area contributed by atoms with Gasteiger partial charge >= 0.3 is 0 Å². The minimum Gasteiger partial charge on any atom is -0.330 e. The fourth-order valence-electron chi connectivity index (χ4n) is 2.91. The third-order valence-corrected chi connectivity index (χ3v) is 4.64. The molecule has 0 aliphatic carbocycles. The summed E-state index contributed by atoms with van der Waals surface area (Å²) in [5.41, 5.74) is 11.7. The average molecular weight is 320 g/mol. The van der Waals surface area contributed by atoms with Crippen molar-refractivity contribution in [3.05, 3.63) is 59.9 Å². The predicted molar refractivity (Wildman–Crippen MR) is 99.8 cm³/mol. The standard InChI is InChI=1S/C20H24N4/c1-14(2)7-9-20(3,13-21)16-6-4-5-15(11-16)17-8-10-22-19-18(17)12-23-24-19/h4-8,10-12H,9,13,21H2,1-3H3,(H,22,23,24). The Kier molecular flexibility index (Phi) is 4.49. The van der Waals surface area contributed by atoms with Gasteiger partial charge in [0.05, 0.1) is 6.20 Å². The number of rotatable bonds is 5. The van der Waals surface area contributed by atoms with E-state index >= 15 is 0 Å². The Balaban J connectivity index is 2.06. The average Bonchev–Trinajstić information content (AvgIpc) is 3.08. The van der Waals surface area contributed by atoms with Crippen LogP contribution in [0.5, 0.6) is 0 Å². The van der Waals surface area contributed by atoms with Crippen molar-refractivity contribution in [3.63, 3.8) is 0 Å². The first-order valence-electron chi connectivity index (χ1n) is 8.26. The number of pyridine rings is 1. The van der Waals surface area contributed by atoms with E-state index in [1.54, 1.807) is 0 Å². The van der Waals surface area contributed by atoms with Crippen molar-refractivity contribution < 1.29 is 0 Å². The summed E-state index contributed by atoms with van der Waals surface area (Å²) in [4.78, 5) is 4.32. The third kappa shape index (κ3) is 3.10. The molecule has 0 spiro atoms. The van der Waals surface area contributed by atoms with E-state index in [4.69, 9.17) is 5.73 Å². The number of fused-ring (bicyclic) bond motifs is 1. The lowest BCUT2D eigenvalue weighted by Gasteiger charge is -2.28. The van der Waals surface area contributed by atoms with Gasteiger partial charge in [-0.05, 0) is 43.0 Å². The van der Waals surface area contributed by atoms with Crippen LogP contribution >= 0.6 is 0 Å². The van der Waals surface area contributed by atoms with Gasteiger partial charge in [-0.2, -0.15) is 5.10 Å². The molecule has 1 aromatic carbocycles. The number of nitrogens with one attached hydrogen (secondary N) is 1. The van der Waals surface area contributed by atoms with Crippen LogP contribution < -0.4 is 5.73 Å². The predicted octanol–water partition coefficient (Wildman–Crippen LogP) is 4.20. The molecule has 4 nitrogen and oxygen atoms in total. The van der Waals surface area contributed by atoms with E-state index in [0.29, 0.717) is 6.54 Å². The Bertz CT molecular complexity index is 874. The molecule has 124 valence electrons. The Morgan fingerprint density at radius 1 is 1.29 bits per heavy atom. The van der Waals surface area contributed by atoms with Crippen LogP contribution in [-0.4, -0.2) is 21.7 Å². The molecule has 0 saturated carbocycles. The van der Waals surface area contributed by atoms with Gasteiger partial charge in [-0.1, -0.05) is 42.8 Å². The molecule has 3 aromatic rings. The van der Waals surface area contributed by atoms with Gasteiger partial charge in [0.1, 0.15) is 0 Å². The summed E-state index contributed by atoms with van der Waals surface area (Å²) in [5, 5.41) is 8.07. The summed E-state index contributed by atoms with van der Waals surface area (Å²) in [6, 6.07) is 10.7. The van der Waals surface area contributed by atoms with Gasteiger partial charge in [-0.25, -0.2) is 4.98 Å². The molecule has 4 heteroatoms. The van der Waals surface area contributed by atoms with Gasteiger partial charge in [0.15, 0.2) is 5.65 Å². The second-order valence-corrected chi connectivity index (χ2v) is 6.82. The van der Waals surface area contributed by atoms with Crippen molar-refractivity contribution in [2.24, 2.45) is 5.73 Å². The molecule has 2 heterocycles. The summed E-state index contributed by atoms with van der Waals surface area (Å²) in [6.07, 6.45) is 6.84. The number of aromatic amines is 1. The van der Waals surface area contributed by atoms with Crippen molar-refractivity contribution >= 4 is 11.0 Å². The molecule has 1 unspecified atom stereocenters. The summed E-state index contributed by atoms with van der Waals surface area (Å²) < 4.78 is 0. The summed E-state index contributed by atoms with van der Waals surface area (Å²) in [5.74, 6) is 0. The molecule has 0 saturated heterocycles. The maximum absolute atomic E-state index is 6.13. The van der Waals surface area contributed by atoms with Crippen LogP contribution in [0.3, 0.4) is 0 Å². The topological polar surface area (TPSA) is 67.6 Å². The first kappa shape index (κ1) is 16.4. The Hall–Kier alpha value is -2.46. The van der Waals surface area contributed by atoms with Crippen molar-refractivity contribution in [2.75, 3.05) is 6.54 Å². The molecule has 0 amide bonds. The summed E-state index contributed by atoms with van der Waals surface area (Å²) in [6.45, 7) is 7.09. The van der Waals surface area contributed by atoms with Crippen LogP contribution in [0.1, 0.15) is 32.8 Å². The molecule has 0 aliphatic rings. The lowest BCUT2D eigenvalue weighted by molar-refractivity contribution is 0.490. The zero-order valence-corrected chi connectivity index (χ0v) is 14.5. The lowest BCUT2D eigenvalue weighted by atomic mass is 9.78. The SMILES string of the molecule is CC(C)=CCC(C)(CN)c1cccc(-c2ccnc3[nH]ncc23)c1. The number of benzene rings is 1. The van der Waals surface area contributed by atoms with Crippen LogP contribution in [0.25, 0.3) is 22.2 Å². The molecular formula is C20H24N4. The van der Waals surface area contributed by atoms with Crippen molar-refractivity contribution in [2.45, 2.75) is 32.6 Å². The number of hydrogen-bond acceptors (Lipinski definition) is 3. The van der Waals surface area contributed by atoms with Gasteiger partial charge in [-0.15, -0.1) is 0 Å². The number of hydrogen-bond donors (Lipinski definition) is 2. The zero-order chi connectivity index (χ0) is 17.2. The van der Waals surface area contributed by atoms with E-state index in [1.807, 2.05) is 18.5 Å². The minimum atomic E-state index is -0.0736. The molecule has 2 aromatic heterocycles. The fraction of sp³-hybridized carbons (Fsp3) is 0.300. The van der Waals surface area contributed by atoms with E-state index in [9.17, 15) is 0 Å². The molecular weight excluding hydrogens is 296 g/mol. The Morgan fingerprint density at radius 3 is 2.88 bits per heavy atom. The Morgan fingerprint density at radius 2 is 2.12 bits per heavy atom. The molecule has 24 heavy (non-hydrogen) atoms. The molecule has 0 radical (unpaired) electrons. The van der Waals surface area contributed by atoms with Gasteiger partial charge < -0.3 is 5.73 Å². The normalized spacial score (nSPS) is 13.7. The van der Waals surface area contributed by atoms with Gasteiger partial charge in [-0.3, -0.25) is 5.10 Å². The van der Waals surface area contributed by atoms with Gasteiger partial charge in [0.2, 0.25) is 0 Å². The number of nitrogens with zero attached hydrogens (tertiary/aromatic N) is 2. The summed E-state index contributed by atoms with van der Waals surface area (Å²) >= 11 is 0. The summed E-state index contributed by atoms with van der Waals surface area (Å²) in [7, 11) is 0. The number of aromatic nitrogens is 3. The van der Waals surface area contributed by atoms with Crippen LogP contribution in [0, 0.1) is 0 Å². The number of allylic oxidation sites excluding steroid dienone is 2. The Labute approximate surface area is 142 Å². The van der Waals surface area contributed by atoms with Crippen molar-refractivity contribution in [1.82, 2.24) is 15.2 Å². The van der Waals surface area contributed by atoms with Gasteiger partial charge in [0, 0.05) is 23.5 Å². The first-order valence-corrected chi connectivity index (χ1v) is 8.26. The van der Waals surface area contributed by atoms with Crippen molar-refractivity contribution in [3.8, 4) is 11.1 Å². The number of nitrogens with two attached hydrogens (primary N) is 1. The molecule has 3 rings (SSSR count). The largest absolute Gasteiger partial charge is 0.330 e. The van der Waals surface area contributed by atoms with Crippen LogP contribution in [0.4, 0.5) is 0 Å². The van der Waals surface area contributed by atoms with Crippen molar-refractivity contribution in [1.29, 1.82) is 0 Å². The highest BCUT2D eigenvalue weighted by atomic mass is 15.1. The molecule has 1 atom stereocenters. The first-order chi connectivity index (χ1) is 11.5. The van der Waals surface area contributed by atoms with E-state index in [1.165, 1.54) is 11.1 Å². The fourth-order valence-corrected chi connectivity index (χ4v) is 2.91. The quantitative estimate of drug-likeness (QED) is 0.692. The minimum absolute atomic E-state index is 0.0736. The maximum Gasteiger partial charge on any atom is 0.155 e. The highest BCUT2D eigenvalue weighted by Gasteiger charge is 2.24. The molecule has 0 bridgehead atoms. The highest BCUT2D eigenvalue weighted by molar-refractivity contribution is 5.92.